The van der Waals surface area contributed by atoms with Gasteiger partial charge in [0.1, 0.15) is 0 Å². The first-order chi connectivity index (χ1) is 5.88. The van der Waals surface area contributed by atoms with Crippen LogP contribution in [0.15, 0.2) is 4.42 Å². The zero-order chi connectivity index (χ0) is 10.1. The van der Waals surface area contributed by atoms with Gasteiger partial charge in [0.15, 0.2) is 0 Å². The summed E-state index contributed by atoms with van der Waals surface area (Å²) in [5.74, 6) is 1.80. The van der Waals surface area contributed by atoms with Gasteiger partial charge in [0.25, 0.3) is 0 Å². The van der Waals surface area contributed by atoms with Crippen LogP contribution in [0.4, 0.5) is 0 Å². The van der Waals surface area contributed by atoms with E-state index in [-0.39, 0.29) is 5.41 Å². The SMILES string of the molecule is CC(C)c1nnc(CC(C)(C)C)o1. The van der Waals surface area contributed by atoms with Gasteiger partial charge < -0.3 is 4.42 Å². The highest BCUT2D eigenvalue weighted by Gasteiger charge is 2.17. The Hall–Kier alpha value is -0.860. The van der Waals surface area contributed by atoms with E-state index >= 15 is 0 Å². The van der Waals surface area contributed by atoms with Crippen LogP contribution in [0.3, 0.4) is 0 Å². The van der Waals surface area contributed by atoms with Crippen LogP contribution in [-0.2, 0) is 6.42 Å². The van der Waals surface area contributed by atoms with Gasteiger partial charge in [-0.1, -0.05) is 34.6 Å². The first-order valence-electron chi connectivity index (χ1n) is 4.71. The van der Waals surface area contributed by atoms with Crippen molar-refractivity contribution in [1.29, 1.82) is 0 Å². The van der Waals surface area contributed by atoms with Crippen LogP contribution in [-0.4, -0.2) is 10.2 Å². The molecule has 3 nitrogen and oxygen atoms in total. The summed E-state index contributed by atoms with van der Waals surface area (Å²) >= 11 is 0. The fourth-order valence-electron chi connectivity index (χ4n) is 1.03. The van der Waals surface area contributed by atoms with Crippen LogP contribution < -0.4 is 0 Å². The molecule has 74 valence electrons. The van der Waals surface area contributed by atoms with Crippen molar-refractivity contribution in [1.82, 2.24) is 10.2 Å². The van der Waals surface area contributed by atoms with E-state index in [0.717, 1.165) is 18.2 Å². The molecule has 1 heterocycles. The lowest BCUT2D eigenvalue weighted by Gasteiger charge is -2.14. The first-order valence-corrected chi connectivity index (χ1v) is 4.71. The molecule has 3 heteroatoms. The molecule has 0 saturated heterocycles. The molecule has 13 heavy (non-hydrogen) atoms. The minimum absolute atomic E-state index is 0.209. The van der Waals surface area contributed by atoms with Crippen LogP contribution in [0.5, 0.6) is 0 Å². The lowest BCUT2D eigenvalue weighted by atomic mass is 9.92. The average Bonchev–Trinajstić information content (AvgIpc) is 2.31. The fourth-order valence-corrected chi connectivity index (χ4v) is 1.03. The molecule has 0 atom stereocenters. The summed E-state index contributed by atoms with van der Waals surface area (Å²) in [7, 11) is 0. The Kier molecular flexibility index (Phi) is 2.74. The van der Waals surface area contributed by atoms with Crippen LogP contribution in [0.1, 0.15) is 52.3 Å². The van der Waals surface area contributed by atoms with E-state index < -0.39 is 0 Å². The number of hydrogen-bond acceptors (Lipinski definition) is 3. The van der Waals surface area contributed by atoms with Crippen LogP contribution in [0, 0.1) is 5.41 Å². The van der Waals surface area contributed by atoms with E-state index in [1.807, 2.05) is 13.8 Å². The molecule has 1 rings (SSSR count). The van der Waals surface area contributed by atoms with E-state index in [0.29, 0.717) is 5.92 Å². The van der Waals surface area contributed by atoms with Gasteiger partial charge in [-0.05, 0) is 5.41 Å². The summed E-state index contributed by atoms with van der Waals surface area (Å²) in [6.45, 7) is 10.6. The Morgan fingerprint density at radius 3 is 2.23 bits per heavy atom. The smallest absolute Gasteiger partial charge is 0.219 e. The maximum absolute atomic E-state index is 5.50. The van der Waals surface area contributed by atoms with E-state index in [9.17, 15) is 0 Å². The van der Waals surface area contributed by atoms with Crippen molar-refractivity contribution in [2.24, 2.45) is 5.41 Å². The summed E-state index contributed by atoms with van der Waals surface area (Å²) in [6.07, 6.45) is 0.840. The molecule has 0 aliphatic rings. The lowest BCUT2D eigenvalue weighted by molar-refractivity contribution is 0.341. The number of nitrogens with zero attached hydrogens (tertiary/aromatic N) is 2. The highest BCUT2D eigenvalue weighted by Crippen LogP contribution is 2.21. The maximum atomic E-state index is 5.50. The summed E-state index contributed by atoms with van der Waals surface area (Å²) in [6, 6.07) is 0. The third kappa shape index (κ3) is 3.17. The van der Waals surface area contributed by atoms with Crippen LogP contribution >= 0.6 is 0 Å². The van der Waals surface area contributed by atoms with Crippen molar-refractivity contribution in [3.63, 3.8) is 0 Å². The Labute approximate surface area is 79.6 Å². The minimum atomic E-state index is 0.209. The molecular weight excluding hydrogens is 164 g/mol. The predicted octanol–water partition coefficient (Wildman–Crippen LogP) is 2.78. The van der Waals surface area contributed by atoms with Gasteiger partial charge in [0.05, 0.1) is 0 Å². The first kappa shape index (κ1) is 10.2. The summed E-state index contributed by atoms with van der Waals surface area (Å²) < 4.78 is 5.50. The molecule has 1 aromatic heterocycles. The second kappa shape index (κ2) is 3.48. The quantitative estimate of drug-likeness (QED) is 0.706. The molecule has 0 aliphatic heterocycles. The summed E-state index contributed by atoms with van der Waals surface area (Å²) in [4.78, 5) is 0. The number of aromatic nitrogens is 2. The Morgan fingerprint density at radius 2 is 1.85 bits per heavy atom. The molecular formula is C10H18N2O. The van der Waals surface area contributed by atoms with Crippen LogP contribution in [0.2, 0.25) is 0 Å². The molecule has 0 saturated carbocycles. The zero-order valence-corrected chi connectivity index (χ0v) is 9.09. The number of hydrogen-bond donors (Lipinski definition) is 0. The van der Waals surface area contributed by atoms with Crippen molar-refractivity contribution in [2.75, 3.05) is 0 Å². The molecule has 0 aliphatic carbocycles. The predicted molar refractivity (Wildman–Crippen MR) is 51.5 cm³/mol. The highest BCUT2D eigenvalue weighted by atomic mass is 16.4. The number of rotatable bonds is 2. The Balaban J connectivity index is 2.70. The van der Waals surface area contributed by atoms with Crippen molar-refractivity contribution >= 4 is 0 Å². The van der Waals surface area contributed by atoms with E-state index in [2.05, 4.69) is 31.0 Å². The van der Waals surface area contributed by atoms with Gasteiger partial charge >= 0.3 is 0 Å². The summed E-state index contributed by atoms with van der Waals surface area (Å²) in [5.41, 5.74) is 0.209. The van der Waals surface area contributed by atoms with Gasteiger partial charge in [0.2, 0.25) is 11.8 Å². The second-order valence-corrected chi connectivity index (χ2v) is 4.93. The lowest BCUT2D eigenvalue weighted by Crippen LogP contribution is -2.09. The second-order valence-electron chi connectivity index (χ2n) is 4.93. The molecule has 0 radical (unpaired) electrons. The van der Waals surface area contributed by atoms with Crippen molar-refractivity contribution < 1.29 is 4.42 Å². The van der Waals surface area contributed by atoms with E-state index in [4.69, 9.17) is 4.42 Å². The van der Waals surface area contributed by atoms with Gasteiger partial charge in [0, 0.05) is 12.3 Å². The van der Waals surface area contributed by atoms with Crippen molar-refractivity contribution in [3.8, 4) is 0 Å². The maximum Gasteiger partial charge on any atom is 0.219 e. The molecule has 0 spiro atoms. The molecule has 0 N–H and O–H groups in total. The molecule has 0 amide bonds. The van der Waals surface area contributed by atoms with Crippen molar-refractivity contribution in [2.45, 2.75) is 47.0 Å². The molecule has 0 aromatic carbocycles. The Morgan fingerprint density at radius 1 is 1.23 bits per heavy atom. The molecule has 0 fully saturated rings. The van der Waals surface area contributed by atoms with Gasteiger partial charge in [-0.2, -0.15) is 0 Å². The summed E-state index contributed by atoms with van der Waals surface area (Å²) in [5, 5.41) is 7.99. The Bertz CT molecular complexity index is 271. The largest absolute Gasteiger partial charge is 0.425 e. The average molecular weight is 182 g/mol. The monoisotopic (exact) mass is 182 g/mol. The minimum Gasteiger partial charge on any atom is -0.425 e. The third-order valence-electron chi connectivity index (χ3n) is 1.66. The third-order valence-corrected chi connectivity index (χ3v) is 1.66. The van der Waals surface area contributed by atoms with E-state index in [1.54, 1.807) is 0 Å². The fraction of sp³-hybridized carbons (Fsp3) is 0.800. The molecule has 0 unspecified atom stereocenters. The normalized spacial score (nSPS) is 12.5. The molecule has 0 bridgehead atoms. The highest BCUT2D eigenvalue weighted by molar-refractivity contribution is 4.89. The zero-order valence-electron chi connectivity index (χ0n) is 9.09. The van der Waals surface area contributed by atoms with Crippen molar-refractivity contribution in [3.05, 3.63) is 11.8 Å². The van der Waals surface area contributed by atoms with Gasteiger partial charge in [-0.15, -0.1) is 10.2 Å². The topological polar surface area (TPSA) is 38.9 Å². The van der Waals surface area contributed by atoms with E-state index in [1.165, 1.54) is 0 Å². The van der Waals surface area contributed by atoms with Crippen LogP contribution in [0.25, 0.3) is 0 Å². The standard InChI is InChI=1S/C10H18N2O/c1-7(2)9-12-11-8(13-9)6-10(3,4)5/h7H,6H2,1-5H3. The van der Waals surface area contributed by atoms with Gasteiger partial charge in [-0.25, -0.2) is 0 Å². The molecule has 1 aromatic rings. The van der Waals surface area contributed by atoms with Gasteiger partial charge in [-0.3, -0.25) is 0 Å².